The molecule has 0 aliphatic heterocycles. The van der Waals surface area contributed by atoms with E-state index in [2.05, 4.69) is 7.08 Å². The molecule has 0 rings (SSSR count). The molecule has 0 amide bonds. The average molecular weight is 179 g/mol. The van der Waals surface area contributed by atoms with E-state index in [1.807, 2.05) is 0 Å². The van der Waals surface area contributed by atoms with E-state index in [1.54, 1.807) is 0 Å². The van der Waals surface area contributed by atoms with Crippen LogP contribution < -0.4 is 0 Å². The van der Waals surface area contributed by atoms with Gasteiger partial charge in [-0.05, 0) is 0 Å². The molecule has 0 spiro atoms. The molecule has 0 unspecified atom stereocenters. The molecular weight excluding hydrogens is 176 g/mol. The molecule has 6 heteroatoms. The van der Waals surface area contributed by atoms with Gasteiger partial charge in [0.1, 0.15) is 0 Å². The van der Waals surface area contributed by atoms with E-state index in [4.69, 9.17) is 14.3 Å². The summed E-state index contributed by atoms with van der Waals surface area (Å²) < 4.78 is 14.2. The van der Waals surface area contributed by atoms with Crippen LogP contribution in [0.2, 0.25) is 0 Å². The second-order valence-corrected chi connectivity index (χ2v) is 2.17. The quantitative estimate of drug-likeness (QED) is 0.297. The van der Waals surface area contributed by atoms with Crippen molar-refractivity contribution in [2.75, 3.05) is 0 Å². The van der Waals surface area contributed by atoms with Gasteiger partial charge in [0.15, 0.2) is 0 Å². The van der Waals surface area contributed by atoms with Gasteiger partial charge >= 0.3 is 39.8 Å². The summed E-state index contributed by atoms with van der Waals surface area (Å²) in [4.78, 5) is 0. The van der Waals surface area contributed by atoms with Crippen LogP contribution in [0.15, 0.2) is 0 Å². The van der Waals surface area contributed by atoms with Gasteiger partial charge in [0.2, 0.25) is 0 Å². The van der Waals surface area contributed by atoms with E-state index in [0.29, 0.717) is 0 Å². The standard InChI is InChI=1S/Mo.2H2O2.H2O/c;2*1-2;/h;2*1-2H;1H2/q+3;;;/p-3. The number of hydrogen-bond donors (Lipinski definition) is 3. The monoisotopic (exact) mass is 181 g/mol. The molecule has 0 aliphatic carbocycles. The summed E-state index contributed by atoms with van der Waals surface area (Å²) in [6, 6.07) is 0. The van der Waals surface area contributed by atoms with Crippen LogP contribution in [0.3, 0.4) is 0 Å². The topological polar surface area (TPSA) is 79.2 Å². The Balaban J connectivity index is 2.75. The van der Waals surface area contributed by atoms with Crippen molar-refractivity contribution in [3.8, 4) is 0 Å². The van der Waals surface area contributed by atoms with E-state index in [0.717, 1.165) is 0 Å². The summed E-state index contributed by atoms with van der Waals surface area (Å²) >= 11 is -3.29. The normalized spacial score (nSPS) is 10.0. The van der Waals surface area contributed by atoms with E-state index in [9.17, 15) is 0 Å². The molecule has 0 bridgehead atoms. The third-order valence-corrected chi connectivity index (χ3v) is 0.754. The minimum absolute atomic E-state index is 3.15. The third kappa shape index (κ3) is 2.71. The van der Waals surface area contributed by atoms with Gasteiger partial charge in [-0.1, -0.05) is 0 Å². The van der Waals surface area contributed by atoms with Crippen LogP contribution in [0.5, 0.6) is 0 Å². The zero-order valence-electron chi connectivity index (χ0n) is 2.57. The predicted octanol–water partition coefficient (Wildman–Crippen LogP) is -0.679. The first-order valence-corrected chi connectivity index (χ1v) is 3.42. The van der Waals surface area contributed by atoms with Gasteiger partial charge in [-0.15, -0.1) is 0 Å². The molecule has 0 saturated heterocycles. The second kappa shape index (κ2) is 3.67. The maximum absolute atomic E-state index is 7.89. The molecule has 0 radical (unpaired) electrons. The molecule has 6 heavy (non-hydrogen) atoms. The molecule has 0 aromatic rings. The molecule has 0 fully saturated rings. The van der Waals surface area contributed by atoms with E-state index < -0.39 is 18.5 Å². The van der Waals surface area contributed by atoms with Crippen LogP contribution in [-0.2, 0) is 25.5 Å². The molecule has 0 saturated carbocycles. The molecule has 5 nitrogen and oxygen atoms in total. The van der Waals surface area contributed by atoms with Crippen LogP contribution in [0.1, 0.15) is 0 Å². The van der Waals surface area contributed by atoms with Crippen LogP contribution in [-0.4, -0.2) is 14.3 Å². The SMILES string of the molecule is O[O][Mo]([OH])[O]O. The van der Waals surface area contributed by atoms with Gasteiger partial charge in [-0.3, -0.25) is 0 Å². The van der Waals surface area contributed by atoms with Gasteiger partial charge in [0.25, 0.3) is 0 Å². The van der Waals surface area contributed by atoms with Crippen molar-refractivity contribution in [2.24, 2.45) is 0 Å². The molecule has 0 atom stereocenters. The van der Waals surface area contributed by atoms with Crippen molar-refractivity contribution in [1.29, 1.82) is 0 Å². The summed E-state index contributed by atoms with van der Waals surface area (Å²) in [6.07, 6.45) is 0. The van der Waals surface area contributed by atoms with E-state index in [1.165, 1.54) is 0 Å². The van der Waals surface area contributed by atoms with Gasteiger partial charge in [0, 0.05) is 0 Å². The van der Waals surface area contributed by atoms with Crippen LogP contribution in [0.4, 0.5) is 0 Å². The molecule has 39 valence electrons. The Labute approximate surface area is 40.5 Å². The van der Waals surface area contributed by atoms with E-state index in [-0.39, 0.29) is 0 Å². The van der Waals surface area contributed by atoms with Crippen molar-refractivity contribution in [1.82, 2.24) is 0 Å². The van der Waals surface area contributed by atoms with Crippen LogP contribution >= 0.6 is 0 Å². The van der Waals surface area contributed by atoms with Crippen LogP contribution in [0.25, 0.3) is 0 Å². The first kappa shape index (κ1) is 6.49. The van der Waals surface area contributed by atoms with Crippen molar-refractivity contribution in [3.63, 3.8) is 0 Å². The Morgan fingerprint density at radius 1 is 1.17 bits per heavy atom. The Bertz CT molecular complexity index is 23.1. The Hall–Kier alpha value is 0.488. The summed E-state index contributed by atoms with van der Waals surface area (Å²) in [5.41, 5.74) is 0. The molecule has 0 aromatic heterocycles. The third-order valence-electron chi connectivity index (χ3n) is 0.128. The zero-order valence-corrected chi connectivity index (χ0v) is 4.57. The first-order valence-electron chi connectivity index (χ1n) is 0.881. The summed E-state index contributed by atoms with van der Waals surface area (Å²) in [7, 11) is 0. The molecule has 0 heterocycles. The summed E-state index contributed by atoms with van der Waals surface area (Å²) in [5.74, 6) is 0. The average Bonchev–Trinajstić information content (AvgIpc) is 1.65. The molecular formula is H3MoO5. The fraction of sp³-hybridized carbons (Fsp3) is 0. The van der Waals surface area contributed by atoms with Crippen LogP contribution in [0, 0.1) is 0 Å². The minimum atomic E-state index is -3.29. The van der Waals surface area contributed by atoms with Crippen molar-refractivity contribution < 1.29 is 39.8 Å². The fourth-order valence-electron chi connectivity index (χ4n) is 0.0136. The molecule has 3 N–H and O–H groups in total. The van der Waals surface area contributed by atoms with Crippen molar-refractivity contribution >= 4 is 0 Å². The first-order chi connectivity index (χ1) is 2.81. The number of rotatable bonds is 2. The number of hydrogen-bond acceptors (Lipinski definition) is 5. The Kier molecular flexibility index (Phi) is 3.97. The van der Waals surface area contributed by atoms with Crippen molar-refractivity contribution in [2.45, 2.75) is 0 Å². The Morgan fingerprint density at radius 3 is 1.50 bits per heavy atom. The molecule has 0 aliphatic rings. The van der Waals surface area contributed by atoms with Gasteiger partial charge in [0.05, 0.1) is 0 Å². The van der Waals surface area contributed by atoms with E-state index >= 15 is 0 Å². The van der Waals surface area contributed by atoms with Crippen molar-refractivity contribution in [3.05, 3.63) is 0 Å². The fourth-order valence-corrected chi connectivity index (χ4v) is 0.0805. The zero-order chi connectivity index (χ0) is 4.99. The van der Waals surface area contributed by atoms with Gasteiger partial charge < -0.3 is 0 Å². The van der Waals surface area contributed by atoms with Gasteiger partial charge in [-0.2, -0.15) is 0 Å². The Morgan fingerprint density at radius 2 is 1.50 bits per heavy atom. The summed E-state index contributed by atoms with van der Waals surface area (Å²) in [5, 5.41) is 14.8. The second-order valence-electron chi connectivity index (χ2n) is 0.366. The van der Waals surface area contributed by atoms with Gasteiger partial charge in [-0.25, -0.2) is 0 Å². The maximum atomic E-state index is 7.89. The predicted molar refractivity (Wildman–Crippen MR) is 9.65 cm³/mol. The summed E-state index contributed by atoms with van der Waals surface area (Å²) in [6.45, 7) is 0. The molecule has 0 aromatic carbocycles.